The predicted molar refractivity (Wildman–Crippen MR) is 138 cm³/mol. The molecule has 3 amide bonds. The van der Waals surface area contributed by atoms with Gasteiger partial charge in [0.15, 0.2) is 0 Å². The van der Waals surface area contributed by atoms with Gasteiger partial charge in [0.25, 0.3) is 0 Å². The third kappa shape index (κ3) is 4.10. The minimum absolute atomic E-state index is 0.110. The van der Waals surface area contributed by atoms with Gasteiger partial charge in [-0.1, -0.05) is 74.9 Å². The van der Waals surface area contributed by atoms with Crippen LogP contribution in [0.1, 0.15) is 44.7 Å². The van der Waals surface area contributed by atoms with Crippen LogP contribution in [0.3, 0.4) is 0 Å². The van der Waals surface area contributed by atoms with Crippen LogP contribution in [0.4, 0.5) is 0 Å². The van der Waals surface area contributed by atoms with Crippen LogP contribution in [0.25, 0.3) is 0 Å². The first-order valence-electron chi connectivity index (χ1n) is 13.6. The molecule has 1 unspecified atom stereocenters. The molecule has 0 radical (unpaired) electrons. The maximum absolute atomic E-state index is 14.4. The van der Waals surface area contributed by atoms with Crippen LogP contribution in [0.2, 0.25) is 0 Å². The topological polar surface area (TPSA) is 90.4 Å². The zero-order valence-corrected chi connectivity index (χ0v) is 21.7. The highest BCUT2D eigenvalue weighted by Gasteiger charge is 2.72. The molecule has 4 aliphatic heterocycles. The Morgan fingerprint density at radius 1 is 0.973 bits per heavy atom. The Morgan fingerprint density at radius 3 is 2.41 bits per heavy atom. The minimum Gasteiger partial charge on any atom is -0.394 e. The van der Waals surface area contributed by atoms with Gasteiger partial charge < -0.3 is 24.5 Å². The van der Waals surface area contributed by atoms with E-state index in [1.54, 1.807) is 9.80 Å². The second kappa shape index (κ2) is 10.4. The van der Waals surface area contributed by atoms with Crippen molar-refractivity contribution in [2.45, 2.75) is 56.9 Å². The predicted octanol–water partition coefficient (Wildman–Crippen LogP) is 2.31. The fourth-order valence-electron chi connectivity index (χ4n) is 6.56. The van der Waals surface area contributed by atoms with Crippen molar-refractivity contribution in [3.8, 4) is 0 Å². The highest BCUT2D eigenvalue weighted by atomic mass is 16.5. The van der Waals surface area contributed by atoms with Crippen molar-refractivity contribution in [1.29, 1.82) is 0 Å². The van der Waals surface area contributed by atoms with Crippen molar-refractivity contribution in [3.63, 3.8) is 0 Å². The second-order valence-electron chi connectivity index (χ2n) is 10.4. The van der Waals surface area contributed by atoms with E-state index in [1.165, 1.54) is 4.90 Å². The summed E-state index contributed by atoms with van der Waals surface area (Å²) in [6, 6.07) is 7.59. The average molecular weight is 508 g/mol. The molecule has 198 valence electrons. The van der Waals surface area contributed by atoms with Crippen LogP contribution < -0.4 is 0 Å². The second-order valence-corrected chi connectivity index (χ2v) is 10.4. The minimum atomic E-state index is -1.28. The summed E-state index contributed by atoms with van der Waals surface area (Å²) < 4.78 is 6.68. The normalized spacial score (nSPS) is 31.8. The third-order valence-corrected chi connectivity index (χ3v) is 8.23. The van der Waals surface area contributed by atoms with E-state index in [0.29, 0.717) is 26.2 Å². The standard InChI is InChI=1S/C29H37N3O5/c1-3-5-16-31-18-10-14-29-24(23-22(37-29)13-9-17-30(15-4-2)26(23)34)27(35)32(25(29)28(31)36)21(19-33)20-11-7-6-8-12-20/h6-14,21-25,33H,3-5,15-19H2,1-2H3/t21-,22+,23-,24+,25?,29+/m1/s1. The monoisotopic (exact) mass is 507 g/mol. The molecule has 8 heteroatoms. The van der Waals surface area contributed by atoms with E-state index in [2.05, 4.69) is 6.92 Å². The molecule has 0 aromatic heterocycles. The van der Waals surface area contributed by atoms with Crippen LogP contribution in [0, 0.1) is 11.8 Å². The van der Waals surface area contributed by atoms with Crippen molar-refractivity contribution < 1.29 is 24.2 Å². The Bertz CT molecular complexity index is 1090. The number of rotatable bonds is 8. The molecule has 1 aromatic rings. The molecule has 0 bridgehead atoms. The molecule has 1 spiro atoms. The number of benzene rings is 1. The van der Waals surface area contributed by atoms with Crippen LogP contribution in [0.15, 0.2) is 54.6 Å². The molecular formula is C29H37N3O5. The molecule has 6 atom stereocenters. The average Bonchev–Trinajstić information content (AvgIpc) is 3.23. The van der Waals surface area contributed by atoms with Gasteiger partial charge in [0, 0.05) is 26.2 Å². The lowest BCUT2D eigenvalue weighted by Gasteiger charge is -2.38. The van der Waals surface area contributed by atoms with Crippen molar-refractivity contribution in [1.82, 2.24) is 14.7 Å². The summed E-state index contributed by atoms with van der Waals surface area (Å²) in [5.74, 6) is -2.18. The molecule has 37 heavy (non-hydrogen) atoms. The number of unbranched alkanes of at least 4 members (excludes halogenated alkanes) is 1. The van der Waals surface area contributed by atoms with Crippen molar-refractivity contribution in [3.05, 3.63) is 60.2 Å². The third-order valence-electron chi connectivity index (χ3n) is 8.23. The van der Waals surface area contributed by atoms with Crippen LogP contribution in [0.5, 0.6) is 0 Å². The van der Waals surface area contributed by atoms with E-state index in [0.717, 1.165) is 24.8 Å². The highest BCUT2D eigenvalue weighted by molar-refractivity contribution is 6.00. The van der Waals surface area contributed by atoms with Gasteiger partial charge in [0.2, 0.25) is 17.7 Å². The van der Waals surface area contributed by atoms with Gasteiger partial charge in [-0.05, 0) is 18.4 Å². The van der Waals surface area contributed by atoms with Gasteiger partial charge in [-0.25, -0.2) is 0 Å². The lowest BCUT2D eigenvalue weighted by Crippen LogP contribution is -2.56. The van der Waals surface area contributed by atoms with Crippen molar-refractivity contribution >= 4 is 17.7 Å². The van der Waals surface area contributed by atoms with E-state index >= 15 is 0 Å². The van der Waals surface area contributed by atoms with Crippen LogP contribution >= 0.6 is 0 Å². The molecule has 0 aliphatic carbocycles. The van der Waals surface area contributed by atoms with Gasteiger partial charge in [0.1, 0.15) is 11.6 Å². The van der Waals surface area contributed by atoms with Crippen LogP contribution in [-0.2, 0) is 19.1 Å². The first kappa shape index (κ1) is 25.7. The fraction of sp³-hybridized carbons (Fsp3) is 0.552. The van der Waals surface area contributed by atoms with Gasteiger partial charge >= 0.3 is 0 Å². The number of amides is 3. The number of fused-ring (bicyclic) bond motifs is 2. The smallest absolute Gasteiger partial charge is 0.249 e. The molecule has 8 nitrogen and oxygen atoms in total. The Balaban J connectivity index is 1.63. The van der Waals surface area contributed by atoms with E-state index in [4.69, 9.17) is 4.74 Å². The number of hydrogen-bond donors (Lipinski definition) is 1. The summed E-state index contributed by atoms with van der Waals surface area (Å²) in [7, 11) is 0. The van der Waals surface area contributed by atoms with Crippen molar-refractivity contribution in [2.75, 3.05) is 32.8 Å². The zero-order valence-electron chi connectivity index (χ0n) is 21.7. The molecule has 5 rings (SSSR count). The molecule has 0 saturated carbocycles. The number of aliphatic hydroxyl groups is 1. The Labute approximate surface area is 218 Å². The summed E-state index contributed by atoms with van der Waals surface area (Å²) in [5.41, 5.74) is -0.534. The first-order valence-corrected chi connectivity index (χ1v) is 13.6. The maximum atomic E-state index is 14.4. The number of hydrogen-bond acceptors (Lipinski definition) is 5. The van der Waals surface area contributed by atoms with Gasteiger partial charge in [-0.3, -0.25) is 14.4 Å². The maximum Gasteiger partial charge on any atom is 0.249 e. The van der Waals surface area contributed by atoms with Crippen LogP contribution in [-0.4, -0.2) is 88.1 Å². The number of likely N-dealkylation sites (tertiary alicyclic amines) is 1. The number of carbonyl (C=O) groups excluding carboxylic acids is 3. The quantitative estimate of drug-likeness (QED) is 0.546. The highest BCUT2D eigenvalue weighted by Crippen LogP contribution is 2.55. The Hall–Kier alpha value is -2.97. The van der Waals surface area contributed by atoms with Gasteiger partial charge in [-0.15, -0.1) is 0 Å². The summed E-state index contributed by atoms with van der Waals surface area (Å²) >= 11 is 0. The van der Waals surface area contributed by atoms with E-state index in [1.807, 2.05) is 61.6 Å². The fourth-order valence-corrected chi connectivity index (χ4v) is 6.56. The lowest BCUT2D eigenvalue weighted by molar-refractivity contribution is -0.151. The number of ether oxygens (including phenoxy) is 1. The molecule has 1 N–H and O–H groups in total. The summed E-state index contributed by atoms with van der Waals surface area (Å²) in [4.78, 5) is 47.5. The summed E-state index contributed by atoms with van der Waals surface area (Å²) in [6.07, 6.45) is 9.60. The number of nitrogens with zero attached hydrogens (tertiary/aromatic N) is 3. The molecule has 2 saturated heterocycles. The molecular weight excluding hydrogens is 470 g/mol. The zero-order chi connectivity index (χ0) is 26.2. The summed E-state index contributed by atoms with van der Waals surface area (Å²) in [6.45, 7) is 5.82. The molecule has 4 aliphatic rings. The van der Waals surface area contributed by atoms with E-state index in [9.17, 15) is 19.5 Å². The van der Waals surface area contributed by atoms with Gasteiger partial charge in [-0.2, -0.15) is 0 Å². The number of aliphatic hydroxyl groups excluding tert-OH is 1. The van der Waals surface area contributed by atoms with E-state index in [-0.39, 0.29) is 24.3 Å². The van der Waals surface area contributed by atoms with Gasteiger partial charge in [0.05, 0.1) is 30.6 Å². The molecule has 1 aromatic carbocycles. The van der Waals surface area contributed by atoms with E-state index < -0.39 is 35.6 Å². The number of carbonyl (C=O) groups is 3. The molecule has 2 fully saturated rings. The Morgan fingerprint density at radius 2 is 1.70 bits per heavy atom. The molecule has 4 heterocycles. The first-order chi connectivity index (χ1) is 18.0. The SMILES string of the molecule is CCCCN1CC=C[C@]23O[C@H]4C=CCN(CCC)C(=O)[C@H]4[C@H]2C(=O)N([C@H](CO)c2ccccc2)C3C1=O. The van der Waals surface area contributed by atoms with Crippen molar-refractivity contribution in [2.24, 2.45) is 11.8 Å². The summed E-state index contributed by atoms with van der Waals surface area (Å²) in [5, 5.41) is 10.6. The Kier molecular flexibility index (Phi) is 7.23. The lowest BCUT2D eigenvalue weighted by atomic mass is 9.77. The largest absolute Gasteiger partial charge is 0.394 e.